The van der Waals surface area contributed by atoms with Crippen LogP contribution in [0.25, 0.3) is 0 Å². The Morgan fingerprint density at radius 3 is 2.70 bits per heavy atom. The zero-order valence-corrected chi connectivity index (χ0v) is 11.9. The molecule has 1 atom stereocenters. The number of carbonyl (C=O) groups excluding carboxylic acids is 1. The summed E-state index contributed by atoms with van der Waals surface area (Å²) in [6.07, 6.45) is -0.224. The van der Waals surface area contributed by atoms with Crippen LogP contribution in [0.5, 0.6) is 0 Å². The van der Waals surface area contributed by atoms with E-state index in [2.05, 4.69) is 22.7 Å². The number of hydrogen-bond acceptors (Lipinski definition) is 3. The number of nitrogens with zero attached hydrogens (tertiary/aromatic N) is 2. The molecular weight excluding hydrogens is 252 g/mol. The van der Waals surface area contributed by atoms with Crippen molar-refractivity contribution in [1.82, 2.24) is 15.1 Å². The van der Waals surface area contributed by atoms with Crippen molar-refractivity contribution in [2.75, 3.05) is 5.32 Å². The summed E-state index contributed by atoms with van der Waals surface area (Å²) in [6, 6.07) is 7.54. The third-order valence-electron chi connectivity index (χ3n) is 3.77. The quantitative estimate of drug-likeness (QED) is 0.880. The number of amides is 1. The number of aromatic nitrogens is 2. The summed E-state index contributed by atoms with van der Waals surface area (Å²) in [5, 5.41) is 10.9. The third kappa shape index (κ3) is 1.86. The molecule has 5 nitrogen and oxygen atoms in total. The first-order valence-electron chi connectivity index (χ1n) is 6.82. The fourth-order valence-electron chi connectivity index (χ4n) is 2.79. The number of benzene rings is 1. The fraction of sp³-hybridized carbons (Fsp3) is 0.333. The van der Waals surface area contributed by atoms with Crippen LogP contribution in [-0.2, 0) is 6.54 Å². The molecule has 1 amide bonds. The standard InChI is InChI=1S/C15H18N4O/c1-4-19-10(3)13(9(2)18-19)14-16-12-8-6-5-7-11(12)15(20)17-14/h5-8,14,16H,4H2,1-3H3,(H,17,20). The number of rotatable bonds is 2. The van der Waals surface area contributed by atoms with E-state index in [4.69, 9.17) is 0 Å². The Bertz CT molecular complexity index is 675. The smallest absolute Gasteiger partial charge is 0.255 e. The van der Waals surface area contributed by atoms with Gasteiger partial charge in [-0.05, 0) is 32.9 Å². The predicted octanol–water partition coefficient (Wildman–Crippen LogP) is 2.37. The van der Waals surface area contributed by atoms with Crippen LogP contribution in [0.4, 0.5) is 5.69 Å². The summed E-state index contributed by atoms with van der Waals surface area (Å²) in [6.45, 7) is 6.89. The SMILES string of the molecule is CCn1nc(C)c(C2NC(=O)c3ccccc3N2)c1C. The lowest BCUT2D eigenvalue weighted by Gasteiger charge is -2.28. The number of para-hydroxylation sites is 1. The molecule has 104 valence electrons. The van der Waals surface area contributed by atoms with Crippen LogP contribution in [0.2, 0.25) is 0 Å². The van der Waals surface area contributed by atoms with E-state index in [-0.39, 0.29) is 12.1 Å². The van der Waals surface area contributed by atoms with Crippen molar-refractivity contribution in [3.8, 4) is 0 Å². The summed E-state index contributed by atoms with van der Waals surface area (Å²) in [5.74, 6) is -0.0487. The molecule has 0 aliphatic carbocycles. The molecule has 1 unspecified atom stereocenters. The average Bonchev–Trinajstić information content (AvgIpc) is 2.73. The second-order valence-electron chi connectivity index (χ2n) is 5.00. The van der Waals surface area contributed by atoms with Crippen LogP contribution in [-0.4, -0.2) is 15.7 Å². The van der Waals surface area contributed by atoms with Crippen LogP contribution < -0.4 is 10.6 Å². The Hall–Kier alpha value is -2.30. The molecule has 0 radical (unpaired) electrons. The van der Waals surface area contributed by atoms with Gasteiger partial charge in [0.15, 0.2) is 0 Å². The molecule has 0 fully saturated rings. The Kier molecular flexibility index (Phi) is 2.97. The van der Waals surface area contributed by atoms with Gasteiger partial charge >= 0.3 is 0 Å². The van der Waals surface area contributed by atoms with Crippen molar-refractivity contribution in [3.05, 3.63) is 46.8 Å². The van der Waals surface area contributed by atoms with Crippen molar-refractivity contribution < 1.29 is 4.79 Å². The van der Waals surface area contributed by atoms with E-state index in [1.54, 1.807) is 0 Å². The number of carbonyl (C=O) groups is 1. The van der Waals surface area contributed by atoms with Crippen molar-refractivity contribution in [3.63, 3.8) is 0 Å². The van der Waals surface area contributed by atoms with E-state index in [0.717, 1.165) is 29.2 Å². The molecule has 1 aromatic carbocycles. The van der Waals surface area contributed by atoms with E-state index >= 15 is 0 Å². The first-order valence-corrected chi connectivity index (χ1v) is 6.82. The average molecular weight is 270 g/mol. The van der Waals surface area contributed by atoms with Crippen LogP contribution in [0.3, 0.4) is 0 Å². The zero-order valence-electron chi connectivity index (χ0n) is 11.9. The van der Waals surface area contributed by atoms with Gasteiger partial charge in [-0.15, -0.1) is 0 Å². The van der Waals surface area contributed by atoms with Gasteiger partial charge in [0.2, 0.25) is 0 Å². The van der Waals surface area contributed by atoms with Gasteiger partial charge in [0.05, 0.1) is 11.3 Å². The number of hydrogen-bond donors (Lipinski definition) is 2. The van der Waals surface area contributed by atoms with Crippen LogP contribution >= 0.6 is 0 Å². The van der Waals surface area contributed by atoms with E-state index in [1.165, 1.54) is 0 Å². The second kappa shape index (κ2) is 4.67. The van der Waals surface area contributed by atoms with E-state index in [0.29, 0.717) is 5.56 Å². The highest BCUT2D eigenvalue weighted by Crippen LogP contribution is 2.29. The Balaban J connectivity index is 2.02. The molecule has 2 N–H and O–H groups in total. The molecule has 0 saturated heterocycles. The van der Waals surface area contributed by atoms with Gasteiger partial charge in [-0.2, -0.15) is 5.10 Å². The Morgan fingerprint density at radius 2 is 2.00 bits per heavy atom. The summed E-state index contributed by atoms with van der Waals surface area (Å²) in [4.78, 5) is 12.2. The van der Waals surface area contributed by atoms with Crippen LogP contribution in [0.15, 0.2) is 24.3 Å². The van der Waals surface area contributed by atoms with Gasteiger partial charge in [0.25, 0.3) is 5.91 Å². The molecule has 1 aliphatic heterocycles. The molecule has 2 aromatic rings. The largest absolute Gasteiger partial charge is 0.361 e. The zero-order chi connectivity index (χ0) is 14.3. The molecule has 0 spiro atoms. The number of anilines is 1. The molecule has 1 aromatic heterocycles. The lowest BCUT2D eigenvalue weighted by atomic mass is 10.0. The highest BCUT2D eigenvalue weighted by atomic mass is 16.2. The molecule has 3 rings (SSSR count). The maximum absolute atomic E-state index is 12.2. The lowest BCUT2D eigenvalue weighted by molar-refractivity contribution is 0.0935. The maximum atomic E-state index is 12.2. The molecule has 0 bridgehead atoms. The van der Waals surface area contributed by atoms with Crippen LogP contribution in [0, 0.1) is 13.8 Å². The highest BCUT2D eigenvalue weighted by Gasteiger charge is 2.28. The Labute approximate surface area is 118 Å². The minimum absolute atomic E-state index is 0.0487. The van der Waals surface area contributed by atoms with E-state index in [9.17, 15) is 4.79 Å². The maximum Gasteiger partial charge on any atom is 0.255 e. The first kappa shape index (κ1) is 12.7. The minimum Gasteiger partial charge on any atom is -0.361 e. The van der Waals surface area contributed by atoms with Crippen molar-refractivity contribution in [1.29, 1.82) is 0 Å². The second-order valence-corrected chi connectivity index (χ2v) is 5.00. The van der Waals surface area contributed by atoms with Crippen LogP contribution in [0.1, 0.15) is 40.4 Å². The fourth-order valence-corrected chi connectivity index (χ4v) is 2.79. The number of nitrogens with one attached hydrogen (secondary N) is 2. The Morgan fingerprint density at radius 1 is 1.25 bits per heavy atom. The van der Waals surface area contributed by atoms with Gasteiger partial charge in [-0.1, -0.05) is 12.1 Å². The topological polar surface area (TPSA) is 59.0 Å². The minimum atomic E-state index is -0.224. The van der Waals surface area contributed by atoms with Gasteiger partial charge in [0, 0.05) is 23.5 Å². The summed E-state index contributed by atoms with van der Waals surface area (Å²) in [7, 11) is 0. The van der Waals surface area contributed by atoms with E-state index < -0.39 is 0 Å². The highest BCUT2D eigenvalue weighted by molar-refractivity contribution is 6.01. The summed E-state index contributed by atoms with van der Waals surface area (Å²) >= 11 is 0. The molecule has 5 heteroatoms. The number of aryl methyl sites for hydroxylation is 2. The molecule has 1 aliphatic rings. The summed E-state index contributed by atoms with van der Waals surface area (Å²) < 4.78 is 1.96. The molecular formula is C15H18N4O. The van der Waals surface area contributed by atoms with Crippen molar-refractivity contribution >= 4 is 11.6 Å². The predicted molar refractivity (Wildman–Crippen MR) is 77.6 cm³/mol. The number of fused-ring (bicyclic) bond motifs is 1. The van der Waals surface area contributed by atoms with Crippen molar-refractivity contribution in [2.24, 2.45) is 0 Å². The third-order valence-corrected chi connectivity index (χ3v) is 3.77. The molecule has 2 heterocycles. The first-order chi connectivity index (χ1) is 9.61. The molecule has 20 heavy (non-hydrogen) atoms. The normalized spacial score (nSPS) is 17.4. The summed E-state index contributed by atoms with van der Waals surface area (Å²) in [5.41, 5.74) is 4.63. The van der Waals surface area contributed by atoms with Gasteiger partial charge < -0.3 is 10.6 Å². The lowest BCUT2D eigenvalue weighted by Crippen LogP contribution is -2.38. The van der Waals surface area contributed by atoms with Crippen molar-refractivity contribution in [2.45, 2.75) is 33.5 Å². The molecule has 0 saturated carbocycles. The van der Waals surface area contributed by atoms with Gasteiger partial charge in [0.1, 0.15) is 6.17 Å². The van der Waals surface area contributed by atoms with E-state index in [1.807, 2.05) is 42.8 Å². The van der Waals surface area contributed by atoms with Gasteiger partial charge in [-0.3, -0.25) is 9.48 Å². The monoisotopic (exact) mass is 270 g/mol. The van der Waals surface area contributed by atoms with Gasteiger partial charge in [-0.25, -0.2) is 0 Å².